The van der Waals surface area contributed by atoms with Crippen molar-refractivity contribution in [2.75, 3.05) is 18.6 Å². The van der Waals surface area contributed by atoms with Gasteiger partial charge in [-0.05, 0) is 18.2 Å². The lowest BCUT2D eigenvalue weighted by Crippen LogP contribution is -2.26. The van der Waals surface area contributed by atoms with Gasteiger partial charge in [-0.25, -0.2) is 9.67 Å². The van der Waals surface area contributed by atoms with Crippen molar-refractivity contribution in [3.8, 4) is 5.69 Å². The Balaban J connectivity index is 1.86. The van der Waals surface area contributed by atoms with Crippen molar-refractivity contribution in [2.24, 2.45) is 5.92 Å². The maximum absolute atomic E-state index is 12.1. The average Bonchev–Trinajstić information content (AvgIpc) is 3.16. The summed E-state index contributed by atoms with van der Waals surface area (Å²) in [5, 5.41) is 4.46. The van der Waals surface area contributed by atoms with Crippen LogP contribution < -0.4 is 4.90 Å². The van der Waals surface area contributed by atoms with E-state index in [1.54, 1.807) is 23.1 Å². The van der Waals surface area contributed by atoms with Gasteiger partial charge in [0.15, 0.2) is 0 Å². The van der Waals surface area contributed by atoms with Gasteiger partial charge < -0.3 is 9.64 Å². The molecule has 7 nitrogen and oxygen atoms in total. The zero-order valence-corrected chi connectivity index (χ0v) is 12.5. The van der Waals surface area contributed by atoms with Gasteiger partial charge in [-0.1, -0.05) is 11.6 Å². The van der Waals surface area contributed by atoms with Crippen LogP contribution in [-0.2, 0) is 14.3 Å². The van der Waals surface area contributed by atoms with Gasteiger partial charge >= 0.3 is 5.97 Å². The lowest BCUT2D eigenvalue weighted by molar-refractivity contribution is -0.145. The van der Waals surface area contributed by atoms with Crippen molar-refractivity contribution >= 4 is 29.2 Å². The third-order valence-corrected chi connectivity index (χ3v) is 3.87. The summed E-state index contributed by atoms with van der Waals surface area (Å²) in [4.78, 5) is 29.1. The predicted molar refractivity (Wildman–Crippen MR) is 78.8 cm³/mol. The summed E-state index contributed by atoms with van der Waals surface area (Å²) < 4.78 is 6.23. The second-order valence-electron chi connectivity index (χ2n) is 4.90. The largest absolute Gasteiger partial charge is 0.469 e. The van der Waals surface area contributed by atoms with Crippen LogP contribution in [0.3, 0.4) is 0 Å². The number of carbonyl (C=O) groups excluding carboxylic acids is 2. The van der Waals surface area contributed by atoms with E-state index in [2.05, 4.69) is 10.1 Å². The average molecular weight is 321 g/mol. The fourth-order valence-electron chi connectivity index (χ4n) is 2.46. The molecule has 1 unspecified atom stereocenters. The van der Waals surface area contributed by atoms with Crippen LogP contribution in [0.5, 0.6) is 0 Å². The Labute approximate surface area is 131 Å². The van der Waals surface area contributed by atoms with E-state index >= 15 is 0 Å². The monoisotopic (exact) mass is 320 g/mol. The van der Waals surface area contributed by atoms with Crippen LogP contribution in [0.15, 0.2) is 30.9 Å². The highest BCUT2D eigenvalue weighted by molar-refractivity contribution is 6.32. The van der Waals surface area contributed by atoms with E-state index in [-0.39, 0.29) is 18.3 Å². The molecule has 1 saturated heterocycles. The molecule has 0 saturated carbocycles. The molecule has 8 heteroatoms. The van der Waals surface area contributed by atoms with Crippen molar-refractivity contribution in [3.05, 3.63) is 35.9 Å². The van der Waals surface area contributed by atoms with Crippen LogP contribution in [-0.4, -0.2) is 40.3 Å². The maximum Gasteiger partial charge on any atom is 0.311 e. The zero-order chi connectivity index (χ0) is 15.7. The molecule has 1 aromatic heterocycles. The van der Waals surface area contributed by atoms with Crippen molar-refractivity contribution in [1.29, 1.82) is 0 Å². The van der Waals surface area contributed by atoms with Crippen LogP contribution >= 0.6 is 11.6 Å². The number of benzene rings is 1. The Kier molecular flexibility index (Phi) is 3.81. The van der Waals surface area contributed by atoms with Crippen molar-refractivity contribution in [3.63, 3.8) is 0 Å². The van der Waals surface area contributed by atoms with Crippen molar-refractivity contribution < 1.29 is 14.3 Å². The highest BCUT2D eigenvalue weighted by Crippen LogP contribution is 2.30. The van der Waals surface area contributed by atoms with Gasteiger partial charge in [0.25, 0.3) is 0 Å². The summed E-state index contributed by atoms with van der Waals surface area (Å²) in [6, 6.07) is 5.20. The number of halogens is 1. The standard InChI is InChI=1S/C14H13ClN4O3/c1-22-14(21)9-4-13(20)18(6-9)10-2-3-12(11(15)5-10)19-8-16-7-17-19/h2-3,5,7-9H,4,6H2,1H3. The van der Waals surface area contributed by atoms with Crippen molar-refractivity contribution in [1.82, 2.24) is 14.8 Å². The lowest BCUT2D eigenvalue weighted by atomic mass is 10.1. The summed E-state index contributed by atoms with van der Waals surface area (Å²) in [6.07, 6.45) is 3.10. The summed E-state index contributed by atoms with van der Waals surface area (Å²) in [5.41, 5.74) is 1.31. The molecule has 0 radical (unpaired) electrons. The highest BCUT2D eigenvalue weighted by Gasteiger charge is 2.35. The first-order valence-corrected chi connectivity index (χ1v) is 7.00. The van der Waals surface area contributed by atoms with Gasteiger partial charge in [0.1, 0.15) is 12.7 Å². The van der Waals surface area contributed by atoms with E-state index < -0.39 is 5.92 Å². The van der Waals surface area contributed by atoms with Crippen LogP contribution in [0.25, 0.3) is 5.69 Å². The van der Waals surface area contributed by atoms with E-state index in [0.29, 0.717) is 22.9 Å². The minimum Gasteiger partial charge on any atom is -0.469 e. The molecular weight excluding hydrogens is 308 g/mol. The first-order valence-electron chi connectivity index (χ1n) is 6.63. The normalized spacial score (nSPS) is 17.8. The zero-order valence-electron chi connectivity index (χ0n) is 11.8. The van der Waals surface area contributed by atoms with E-state index in [9.17, 15) is 9.59 Å². The second-order valence-corrected chi connectivity index (χ2v) is 5.31. The molecule has 1 aliphatic rings. The fourth-order valence-corrected chi connectivity index (χ4v) is 2.73. The second kappa shape index (κ2) is 5.76. The van der Waals surface area contributed by atoms with Gasteiger partial charge in [0, 0.05) is 18.7 Å². The van der Waals surface area contributed by atoms with Crippen LogP contribution in [0.1, 0.15) is 6.42 Å². The number of ether oxygens (including phenoxy) is 1. The van der Waals surface area contributed by atoms with E-state index in [4.69, 9.17) is 16.3 Å². The predicted octanol–water partition coefficient (Wildman–Crippen LogP) is 1.45. The third kappa shape index (κ3) is 2.55. The van der Waals surface area contributed by atoms with Crippen molar-refractivity contribution in [2.45, 2.75) is 6.42 Å². The molecule has 2 heterocycles. The Bertz CT molecular complexity index is 717. The van der Waals surface area contributed by atoms with E-state index in [1.165, 1.54) is 24.4 Å². The first kappa shape index (κ1) is 14.5. The minimum atomic E-state index is -0.439. The fraction of sp³-hybridized carbons (Fsp3) is 0.286. The third-order valence-electron chi connectivity index (χ3n) is 3.57. The molecule has 1 atom stereocenters. The highest BCUT2D eigenvalue weighted by atomic mass is 35.5. The van der Waals surface area contributed by atoms with Gasteiger partial charge in [-0.3, -0.25) is 9.59 Å². The minimum absolute atomic E-state index is 0.125. The van der Waals surface area contributed by atoms with E-state index in [1.807, 2.05) is 0 Å². The molecule has 0 bridgehead atoms. The number of rotatable bonds is 3. The van der Waals surface area contributed by atoms with Gasteiger partial charge in [-0.2, -0.15) is 5.10 Å². The molecule has 0 aliphatic carbocycles. The Morgan fingerprint density at radius 1 is 1.45 bits per heavy atom. The molecule has 114 valence electrons. The smallest absolute Gasteiger partial charge is 0.311 e. The molecule has 1 fully saturated rings. The molecule has 1 aliphatic heterocycles. The maximum atomic E-state index is 12.1. The molecule has 22 heavy (non-hydrogen) atoms. The number of esters is 1. The quantitative estimate of drug-likeness (QED) is 0.800. The first-order chi connectivity index (χ1) is 10.6. The number of hydrogen-bond acceptors (Lipinski definition) is 5. The molecule has 3 rings (SSSR count). The Morgan fingerprint density at radius 3 is 2.91 bits per heavy atom. The number of hydrogen-bond donors (Lipinski definition) is 0. The van der Waals surface area contributed by atoms with Gasteiger partial charge in [0.2, 0.25) is 5.91 Å². The van der Waals surface area contributed by atoms with Crippen LogP contribution in [0, 0.1) is 5.92 Å². The summed E-state index contributed by atoms with van der Waals surface area (Å²) in [7, 11) is 1.32. The van der Waals surface area contributed by atoms with Crippen LogP contribution in [0.2, 0.25) is 5.02 Å². The number of anilines is 1. The molecule has 0 spiro atoms. The number of carbonyl (C=O) groups is 2. The summed E-state index contributed by atoms with van der Waals surface area (Å²) >= 11 is 6.25. The number of amides is 1. The molecule has 0 N–H and O–H groups in total. The number of methoxy groups -OCH3 is 1. The molecular formula is C14H13ClN4O3. The lowest BCUT2D eigenvalue weighted by Gasteiger charge is -2.17. The summed E-state index contributed by atoms with van der Waals surface area (Å²) in [5.74, 6) is -0.938. The van der Waals surface area contributed by atoms with Gasteiger partial charge in [-0.15, -0.1) is 0 Å². The number of nitrogens with zero attached hydrogens (tertiary/aromatic N) is 4. The molecule has 1 aromatic carbocycles. The molecule has 2 aromatic rings. The Hall–Kier alpha value is -2.41. The SMILES string of the molecule is COC(=O)C1CC(=O)N(c2ccc(-n3cncn3)c(Cl)c2)C1. The van der Waals surface area contributed by atoms with Crippen LogP contribution in [0.4, 0.5) is 5.69 Å². The topological polar surface area (TPSA) is 77.3 Å². The van der Waals surface area contributed by atoms with E-state index in [0.717, 1.165) is 0 Å². The van der Waals surface area contributed by atoms with Gasteiger partial charge in [0.05, 0.1) is 23.7 Å². The Morgan fingerprint density at radius 2 is 2.27 bits per heavy atom. The summed E-state index contributed by atoms with van der Waals surface area (Å²) in [6.45, 7) is 0.296. The number of aromatic nitrogens is 3. The molecule has 1 amide bonds.